The van der Waals surface area contributed by atoms with Gasteiger partial charge in [-0.1, -0.05) is 6.07 Å². The predicted octanol–water partition coefficient (Wildman–Crippen LogP) is -0.220. The van der Waals surface area contributed by atoms with Crippen molar-refractivity contribution in [2.24, 2.45) is 0 Å². The number of rotatable bonds is 5. The Morgan fingerprint density at radius 2 is 2.06 bits per heavy atom. The molecule has 94 valence electrons. The number of benzene rings is 1. The average molecular weight is 242 g/mol. The van der Waals surface area contributed by atoms with Crippen LogP contribution >= 0.6 is 0 Å². The third kappa shape index (κ3) is 2.94. The maximum absolute atomic E-state index is 11.0. The molecule has 6 nitrogen and oxygen atoms in total. The van der Waals surface area contributed by atoms with Gasteiger partial charge in [-0.2, -0.15) is 0 Å². The molecular formula is C11H14O6. The van der Waals surface area contributed by atoms with E-state index in [4.69, 9.17) is 14.9 Å². The number of carbonyl (C=O) groups is 1. The first-order chi connectivity index (χ1) is 8.01. The van der Waals surface area contributed by atoms with Crippen LogP contribution in [0, 0.1) is 0 Å². The number of aliphatic hydroxyl groups is 3. The van der Waals surface area contributed by atoms with Gasteiger partial charge in [0.05, 0.1) is 19.3 Å². The number of ether oxygens (including phenoxy) is 1. The van der Waals surface area contributed by atoms with Crippen LogP contribution in [0.2, 0.25) is 0 Å². The number of methoxy groups -OCH3 is 1. The predicted molar refractivity (Wildman–Crippen MR) is 58.0 cm³/mol. The molecule has 0 bridgehead atoms. The lowest BCUT2D eigenvalue weighted by atomic mass is 9.98. The van der Waals surface area contributed by atoms with E-state index >= 15 is 0 Å². The first-order valence-corrected chi connectivity index (χ1v) is 4.89. The van der Waals surface area contributed by atoms with Gasteiger partial charge < -0.3 is 25.2 Å². The minimum absolute atomic E-state index is 0.0276. The van der Waals surface area contributed by atoms with Crippen LogP contribution in [-0.2, 0) is 0 Å². The Kier molecular flexibility index (Phi) is 4.45. The van der Waals surface area contributed by atoms with E-state index in [-0.39, 0.29) is 11.1 Å². The van der Waals surface area contributed by atoms with Gasteiger partial charge in [-0.25, -0.2) is 4.79 Å². The van der Waals surface area contributed by atoms with Gasteiger partial charge in [-0.3, -0.25) is 0 Å². The van der Waals surface area contributed by atoms with E-state index in [0.717, 1.165) is 0 Å². The van der Waals surface area contributed by atoms with Crippen molar-refractivity contribution in [3.8, 4) is 5.75 Å². The molecule has 4 N–H and O–H groups in total. The molecule has 1 rings (SSSR count). The monoisotopic (exact) mass is 242 g/mol. The molecule has 0 aliphatic carbocycles. The molecule has 1 aromatic rings. The molecule has 1 aromatic carbocycles. The maximum atomic E-state index is 11.0. The average Bonchev–Trinajstić information content (AvgIpc) is 2.35. The molecule has 0 radical (unpaired) electrons. The van der Waals surface area contributed by atoms with Crippen molar-refractivity contribution in [2.45, 2.75) is 12.2 Å². The second kappa shape index (κ2) is 5.62. The third-order valence-corrected chi connectivity index (χ3v) is 2.36. The summed E-state index contributed by atoms with van der Waals surface area (Å²) in [5.74, 6) is -0.917. The van der Waals surface area contributed by atoms with Gasteiger partial charge >= 0.3 is 5.97 Å². The van der Waals surface area contributed by atoms with Gasteiger partial charge in [0.1, 0.15) is 18.0 Å². The Labute approximate surface area is 97.7 Å². The van der Waals surface area contributed by atoms with Gasteiger partial charge in [0, 0.05) is 0 Å². The highest BCUT2D eigenvalue weighted by Gasteiger charge is 2.23. The van der Waals surface area contributed by atoms with Crippen LogP contribution in [0.4, 0.5) is 0 Å². The molecule has 0 heterocycles. The van der Waals surface area contributed by atoms with Gasteiger partial charge in [-0.15, -0.1) is 0 Å². The Morgan fingerprint density at radius 3 is 2.53 bits per heavy atom. The highest BCUT2D eigenvalue weighted by atomic mass is 16.5. The minimum atomic E-state index is -1.46. The Morgan fingerprint density at radius 1 is 1.41 bits per heavy atom. The number of aromatic carboxylic acids is 1. The summed E-state index contributed by atoms with van der Waals surface area (Å²) < 4.78 is 4.87. The summed E-state index contributed by atoms with van der Waals surface area (Å²) in [7, 11) is 1.39. The van der Waals surface area contributed by atoms with Crippen LogP contribution in [0.1, 0.15) is 22.0 Å². The van der Waals surface area contributed by atoms with Gasteiger partial charge in [0.2, 0.25) is 0 Å². The van der Waals surface area contributed by atoms with E-state index in [1.807, 2.05) is 0 Å². The van der Waals surface area contributed by atoms with Crippen molar-refractivity contribution in [2.75, 3.05) is 13.7 Å². The molecule has 0 saturated heterocycles. The third-order valence-electron chi connectivity index (χ3n) is 2.36. The Balaban J connectivity index is 3.18. The van der Waals surface area contributed by atoms with Crippen LogP contribution in [0.5, 0.6) is 5.75 Å². The smallest absolute Gasteiger partial charge is 0.336 e. The van der Waals surface area contributed by atoms with Gasteiger partial charge in [0.25, 0.3) is 0 Å². The standard InChI is InChI=1S/C11H14O6/c1-17-6-2-3-7(8(4-6)11(15)16)10(14)9(13)5-12/h2-4,9-10,12-14H,5H2,1H3,(H,15,16). The van der Waals surface area contributed by atoms with Crippen LogP contribution < -0.4 is 4.74 Å². The van der Waals surface area contributed by atoms with Crippen LogP contribution in [0.3, 0.4) is 0 Å². The molecule has 2 unspecified atom stereocenters. The van der Waals surface area contributed by atoms with Crippen molar-refractivity contribution in [1.29, 1.82) is 0 Å². The zero-order chi connectivity index (χ0) is 13.0. The lowest BCUT2D eigenvalue weighted by Gasteiger charge is -2.18. The number of hydrogen-bond donors (Lipinski definition) is 4. The fourth-order valence-corrected chi connectivity index (χ4v) is 1.41. The first kappa shape index (κ1) is 13.4. The van der Waals surface area contributed by atoms with E-state index in [1.54, 1.807) is 0 Å². The first-order valence-electron chi connectivity index (χ1n) is 4.89. The topological polar surface area (TPSA) is 107 Å². The Bertz CT molecular complexity index is 403. The zero-order valence-corrected chi connectivity index (χ0v) is 9.20. The van der Waals surface area contributed by atoms with Crippen molar-refractivity contribution < 1.29 is 30.0 Å². The summed E-state index contributed by atoms with van der Waals surface area (Å²) in [4.78, 5) is 11.0. The normalized spacial score (nSPS) is 14.1. The minimum Gasteiger partial charge on any atom is -0.497 e. The van der Waals surface area contributed by atoms with Gasteiger partial charge in [-0.05, 0) is 17.7 Å². The highest BCUT2D eigenvalue weighted by Crippen LogP contribution is 2.25. The molecule has 0 spiro atoms. The molecule has 0 fully saturated rings. The van der Waals surface area contributed by atoms with E-state index < -0.39 is 24.8 Å². The number of carboxylic acid groups (broad SMARTS) is 1. The fourth-order valence-electron chi connectivity index (χ4n) is 1.41. The van der Waals surface area contributed by atoms with E-state index in [9.17, 15) is 15.0 Å². The summed E-state index contributed by atoms with van der Waals surface area (Å²) in [5, 5.41) is 36.6. The largest absolute Gasteiger partial charge is 0.497 e. The van der Waals surface area contributed by atoms with E-state index in [2.05, 4.69) is 0 Å². The Hall–Kier alpha value is -1.63. The summed E-state index contributed by atoms with van der Waals surface area (Å²) in [5.41, 5.74) is -0.149. The summed E-state index contributed by atoms with van der Waals surface area (Å²) in [6.07, 6.45) is -2.89. The zero-order valence-electron chi connectivity index (χ0n) is 9.20. The van der Waals surface area contributed by atoms with E-state index in [1.165, 1.54) is 25.3 Å². The quantitative estimate of drug-likeness (QED) is 0.568. The molecule has 2 atom stereocenters. The van der Waals surface area contributed by atoms with Crippen LogP contribution in [-0.4, -0.2) is 46.2 Å². The lowest BCUT2D eigenvalue weighted by Crippen LogP contribution is -2.23. The van der Waals surface area contributed by atoms with Crippen LogP contribution in [0.25, 0.3) is 0 Å². The molecule has 0 aliphatic heterocycles. The fraction of sp³-hybridized carbons (Fsp3) is 0.364. The van der Waals surface area contributed by atoms with Crippen molar-refractivity contribution in [3.63, 3.8) is 0 Å². The number of carboxylic acids is 1. The van der Waals surface area contributed by atoms with Crippen molar-refractivity contribution in [1.82, 2.24) is 0 Å². The molecule has 0 aliphatic rings. The highest BCUT2D eigenvalue weighted by molar-refractivity contribution is 5.90. The molecule has 17 heavy (non-hydrogen) atoms. The molecule has 6 heteroatoms. The molecule has 0 amide bonds. The van der Waals surface area contributed by atoms with Gasteiger partial charge in [0.15, 0.2) is 0 Å². The summed E-state index contributed by atoms with van der Waals surface area (Å²) in [6.45, 7) is -0.660. The number of aliphatic hydroxyl groups excluding tert-OH is 3. The molecule has 0 saturated carbocycles. The lowest BCUT2D eigenvalue weighted by molar-refractivity contribution is -0.0158. The van der Waals surface area contributed by atoms with E-state index in [0.29, 0.717) is 5.75 Å². The molecule has 0 aromatic heterocycles. The van der Waals surface area contributed by atoms with Crippen LogP contribution in [0.15, 0.2) is 18.2 Å². The second-order valence-electron chi connectivity index (χ2n) is 3.45. The summed E-state index contributed by atoms with van der Waals surface area (Å²) >= 11 is 0. The van der Waals surface area contributed by atoms with Crippen molar-refractivity contribution in [3.05, 3.63) is 29.3 Å². The SMILES string of the molecule is COc1ccc(C(O)C(O)CO)c(C(=O)O)c1. The maximum Gasteiger partial charge on any atom is 0.336 e. The van der Waals surface area contributed by atoms with Crippen molar-refractivity contribution >= 4 is 5.97 Å². The second-order valence-corrected chi connectivity index (χ2v) is 3.45. The number of hydrogen-bond acceptors (Lipinski definition) is 5. The summed E-state index contributed by atoms with van der Waals surface area (Å²) in [6, 6.07) is 4.05. The molecular weight excluding hydrogens is 228 g/mol.